The maximum absolute atomic E-state index is 5.67. The van der Waals surface area contributed by atoms with Gasteiger partial charge in [0.05, 0.1) is 0 Å². The summed E-state index contributed by atoms with van der Waals surface area (Å²) in [7, 11) is 0. The zero-order chi connectivity index (χ0) is 9.19. The normalized spacial score (nSPS) is 11.7. The number of rotatable bonds is 1. The molecule has 1 aromatic rings. The molecule has 0 heterocycles. The van der Waals surface area contributed by atoms with E-state index in [9.17, 15) is 0 Å². The summed E-state index contributed by atoms with van der Waals surface area (Å²) in [5, 5.41) is 0.813. The topological polar surface area (TPSA) is 0 Å². The Kier molecular flexibility index (Phi) is 3.72. The molecule has 1 rings (SSSR count). The fourth-order valence-electron chi connectivity index (χ4n) is 0.783. The summed E-state index contributed by atoms with van der Waals surface area (Å²) in [5.74, 6) is 0. The van der Waals surface area contributed by atoms with E-state index in [0.717, 1.165) is 10.9 Å². The SMILES string of the molecule is ClC(Cl)(Cl)c1ccc(CBr)cc1. The number of halogens is 4. The maximum Gasteiger partial charge on any atom is 0.216 e. The van der Waals surface area contributed by atoms with E-state index in [4.69, 9.17) is 34.8 Å². The van der Waals surface area contributed by atoms with Gasteiger partial charge in [0.2, 0.25) is 3.79 Å². The first-order chi connectivity index (χ1) is 5.54. The van der Waals surface area contributed by atoms with E-state index in [1.165, 1.54) is 0 Å². The second-order valence-corrected chi connectivity index (χ2v) is 5.17. The van der Waals surface area contributed by atoms with Crippen LogP contribution in [-0.4, -0.2) is 0 Å². The molecule has 1 aromatic carbocycles. The molecule has 0 N–H and O–H groups in total. The van der Waals surface area contributed by atoms with Crippen LogP contribution in [0.25, 0.3) is 0 Å². The highest BCUT2D eigenvalue weighted by Gasteiger charge is 2.21. The van der Waals surface area contributed by atoms with E-state index in [-0.39, 0.29) is 0 Å². The Morgan fingerprint density at radius 1 is 1.08 bits per heavy atom. The van der Waals surface area contributed by atoms with E-state index in [2.05, 4.69) is 15.9 Å². The van der Waals surface area contributed by atoms with Crippen LogP contribution in [-0.2, 0) is 9.12 Å². The van der Waals surface area contributed by atoms with Crippen molar-refractivity contribution in [2.75, 3.05) is 0 Å². The van der Waals surface area contributed by atoms with E-state index < -0.39 is 3.79 Å². The van der Waals surface area contributed by atoms with Crippen molar-refractivity contribution < 1.29 is 0 Å². The Labute approximate surface area is 94.9 Å². The summed E-state index contributed by atoms with van der Waals surface area (Å²) in [4.78, 5) is 0. The Balaban J connectivity index is 2.93. The molecule has 0 bridgehead atoms. The standard InChI is InChI=1S/C8H6BrCl3/c9-5-6-1-3-7(4-2-6)8(10,11)12/h1-4H,5H2. The minimum absolute atomic E-state index is 0.692. The van der Waals surface area contributed by atoms with E-state index >= 15 is 0 Å². The third-order valence-corrected chi connectivity index (χ3v) is 2.74. The van der Waals surface area contributed by atoms with Gasteiger partial charge in [0.1, 0.15) is 0 Å². The lowest BCUT2D eigenvalue weighted by Gasteiger charge is -2.10. The lowest BCUT2D eigenvalue weighted by Crippen LogP contribution is -1.99. The van der Waals surface area contributed by atoms with Crippen LogP contribution in [0.5, 0.6) is 0 Å². The van der Waals surface area contributed by atoms with Crippen LogP contribution in [0.2, 0.25) is 0 Å². The van der Waals surface area contributed by atoms with E-state index in [1.807, 2.05) is 24.3 Å². The van der Waals surface area contributed by atoms with Crippen molar-refractivity contribution in [2.24, 2.45) is 0 Å². The van der Waals surface area contributed by atoms with Crippen LogP contribution in [0.15, 0.2) is 24.3 Å². The van der Waals surface area contributed by atoms with Gasteiger partial charge in [-0.25, -0.2) is 0 Å². The fourth-order valence-corrected chi connectivity index (χ4v) is 1.53. The van der Waals surface area contributed by atoms with Crippen LogP contribution < -0.4 is 0 Å². The van der Waals surface area contributed by atoms with Crippen molar-refractivity contribution in [1.82, 2.24) is 0 Å². The highest BCUT2D eigenvalue weighted by atomic mass is 79.9. The molecule has 0 aliphatic heterocycles. The quantitative estimate of drug-likeness (QED) is 0.672. The molecule has 0 unspecified atom stereocenters. The molecule has 66 valence electrons. The van der Waals surface area contributed by atoms with Crippen molar-refractivity contribution in [1.29, 1.82) is 0 Å². The van der Waals surface area contributed by atoms with Gasteiger partial charge in [0.25, 0.3) is 0 Å². The summed E-state index contributed by atoms with van der Waals surface area (Å²) in [6.45, 7) is 0. The molecule has 12 heavy (non-hydrogen) atoms. The third kappa shape index (κ3) is 2.81. The van der Waals surface area contributed by atoms with Gasteiger partial charge in [-0.2, -0.15) is 0 Å². The first-order valence-corrected chi connectivity index (χ1v) is 5.51. The smallest absolute Gasteiger partial charge is 0.0876 e. The average molecular weight is 288 g/mol. The number of alkyl halides is 4. The monoisotopic (exact) mass is 286 g/mol. The van der Waals surface area contributed by atoms with Crippen molar-refractivity contribution in [3.05, 3.63) is 35.4 Å². The molecule has 0 atom stereocenters. The second kappa shape index (κ2) is 4.19. The molecule has 0 nitrogen and oxygen atoms in total. The first kappa shape index (κ1) is 10.6. The Morgan fingerprint density at radius 3 is 1.92 bits per heavy atom. The zero-order valence-corrected chi connectivity index (χ0v) is 9.88. The van der Waals surface area contributed by atoms with Gasteiger partial charge in [0, 0.05) is 10.9 Å². The highest BCUT2D eigenvalue weighted by molar-refractivity contribution is 9.08. The minimum atomic E-state index is -1.31. The van der Waals surface area contributed by atoms with Crippen LogP contribution in [0, 0.1) is 0 Å². The predicted octanol–water partition coefficient (Wildman–Crippen LogP) is 4.41. The lowest BCUT2D eigenvalue weighted by atomic mass is 10.2. The van der Waals surface area contributed by atoms with Crippen LogP contribution in [0.1, 0.15) is 11.1 Å². The molecule has 4 heteroatoms. The fraction of sp³-hybridized carbons (Fsp3) is 0.250. The molecule has 0 aliphatic carbocycles. The van der Waals surface area contributed by atoms with Crippen molar-refractivity contribution in [3.8, 4) is 0 Å². The summed E-state index contributed by atoms with van der Waals surface area (Å²) in [6.07, 6.45) is 0. The highest BCUT2D eigenvalue weighted by Crippen LogP contribution is 2.38. The molecule has 0 amide bonds. The van der Waals surface area contributed by atoms with Crippen molar-refractivity contribution in [3.63, 3.8) is 0 Å². The first-order valence-electron chi connectivity index (χ1n) is 3.26. The van der Waals surface area contributed by atoms with Gasteiger partial charge in [-0.3, -0.25) is 0 Å². The Bertz CT molecular complexity index is 250. The molecule has 0 spiro atoms. The summed E-state index contributed by atoms with van der Waals surface area (Å²) >= 11 is 20.4. The summed E-state index contributed by atoms with van der Waals surface area (Å²) in [5.41, 5.74) is 1.85. The average Bonchev–Trinajstić information content (AvgIpc) is 2.03. The van der Waals surface area contributed by atoms with Gasteiger partial charge in [0.15, 0.2) is 0 Å². The third-order valence-electron chi connectivity index (χ3n) is 1.44. The van der Waals surface area contributed by atoms with E-state index in [0.29, 0.717) is 5.56 Å². The van der Waals surface area contributed by atoms with Crippen molar-refractivity contribution in [2.45, 2.75) is 9.12 Å². The van der Waals surface area contributed by atoms with Crippen LogP contribution in [0.3, 0.4) is 0 Å². The number of benzene rings is 1. The predicted molar refractivity (Wildman–Crippen MR) is 58.3 cm³/mol. The zero-order valence-electron chi connectivity index (χ0n) is 6.03. The number of hydrogen-bond donors (Lipinski definition) is 0. The van der Waals surface area contributed by atoms with E-state index in [1.54, 1.807) is 0 Å². The molecule has 0 aliphatic rings. The van der Waals surface area contributed by atoms with Gasteiger partial charge in [-0.1, -0.05) is 75.0 Å². The van der Waals surface area contributed by atoms with Gasteiger partial charge < -0.3 is 0 Å². The molecule has 0 saturated carbocycles. The molecular formula is C8H6BrCl3. The molecule has 0 aromatic heterocycles. The maximum atomic E-state index is 5.67. The molecule has 0 radical (unpaired) electrons. The lowest BCUT2D eigenvalue weighted by molar-refractivity contribution is 1.23. The second-order valence-electron chi connectivity index (χ2n) is 2.33. The molecular weight excluding hydrogens is 282 g/mol. The summed E-state index contributed by atoms with van der Waals surface area (Å²) < 4.78 is -1.31. The van der Waals surface area contributed by atoms with Gasteiger partial charge >= 0.3 is 0 Å². The summed E-state index contributed by atoms with van der Waals surface area (Å²) in [6, 6.07) is 7.46. The largest absolute Gasteiger partial charge is 0.216 e. The van der Waals surface area contributed by atoms with Gasteiger partial charge in [-0.05, 0) is 5.56 Å². The number of hydrogen-bond acceptors (Lipinski definition) is 0. The Morgan fingerprint density at radius 2 is 1.58 bits per heavy atom. The van der Waals surface area contributed by atoms with Gasteiger partial charge in [-0.15, -0.1) is 0 Å². The van der Waals surface area contributed by atoms with Crippen molar-refractivity contribution >= 4 is 50.7 Å². The Hall–Kier alpha value is 0.570. The van der Waals surface area contributed by atoms with Crippen LogP contribution in [0.4, 0.5) is 0 Å². The molecule has 0 fully saturated rings. The minimum Gasteiger partial charge on any atom is -0.0876 e. The van der Waals surface area contributed by atoms with Crippen LogP contribution >= 0.6 is 50.7 Å². The molecule has 0 saturated heterocycles.